The van der Waals surface area contributed by atoms with E-state index in [4.69, 9.17) is 15.0 Å². The molecule has 0 aliphatic carbocycles. The normalized spacial score (nSPS) is 11.8. The van der Waals surface area contributed by atoms with Gasteiger partial charge in [-0.05, 0) is 68.0 Å². The fraction of sp³-hybridized carbons (Fsp3) is 0. The Morgan fingerprint density at radius 2 is 0.811 bits per heavy atom. The van der Waals surface area contributed by atoms with Gasteiger partial charge in [0.1, 0.15) is 0 Å². The summed E-state index contributed by atoms with van der Waals surface area (Å²) in [6.07, 6.45) is 0. The molecule has 53 heavy (non-hydrogen) atoms. The van der Waals surface area contributed by atoms with Crippen LogP contribution in [0.4, 0.5) is 0 Å². The van der Waals surface area contributed by atoms with Crippen LogP contribution in [0.1, 0.15) is 0 Å². The van der Waals surface area contributed by atoms with E-state index in [1.165, 1.54) is 43.4 Å². The van der Waals surface area contributed by atoms with Crippen molar-refractivity contribution in [2.45, 2.75) is 0 Å². The van der Waals surface area contributed by atoms with E-state index >= 15 is 0 Å². The molecule has 0 spiro atoms. The Morgan fingerprint density at radius 1 is 0.321 bits per heavy atom. The first kappa shape index (κ1) is 29.5. The molecule has 0 fully saturated rings. The lowest BCUT2D eigenvalue weighted by Crippen LogP contribution is -2.01. The number of hydrogen-bond donors (Lipinski definition) is 0. The Morgan fingerprint density at radius 3 is 1.47 bits per heavy atom. The highest BCUT2D eigenvalue weighted by Crippen LogP contribution is 2.40. The number of hydrogen-bond acceptors (Lipinski definition) is 3. The lowest BCUT2D eigenvalue weighted by atomic mass is 10.00. The van der Waals surface area contributed by atoms with Crippen molar-refractivity contribution in [3.05, 3.63) is 182 Å². The third-order valence-electron chi connectivity index (χ3n) is 10.6. The Bertz CT molecular complexity index is 3150. The molecule has 0 radical (unpaired) electrons. The van der Waals surface area contributed by atoms with Crippen LogP contribution in [0.2, 0.25) is 0 Å². The Labute approximate surface area is 305 Å². The average molecular weight is 675 g/mol. The second-order valence-electron chi connectivity index (χ2n) is 13.7. The van der Waals surface area contributed by atoms with Crippen molar-refractivity contribution in [2.24, 2.45) is 0 Å². The SMILES string of the molecule is c1ccc2cc(-c3nc(-c4ccc5ccccc5c4)nc(-c4cccc5c4ccc4c6ccccc6n(-c6ccc7ccccc7c6)c54)n3)ccc2c1. The number of benzene rings is 9. The third-order valence-corrected chi connectivity index (χ3v) is 10.6. The van der Waals surface area contributed by atoms with Crippen molar-refractivity contribution in [1.29, 1.82) is 0 Å². The number of rotatable bonds is 4. The largest absolute Gasteiger partial charge is 0.309 e. The standard InChI is InChI=1S/C49H30N4/c1-4-13-34-28-37(22-20-31(34)10-1)47-50-48(38-23-21-32-11-2-5-14-35(32)29-38)52-49(51-47)44-18-9-17-42-40(44)26-27-43-41-16-7-8-19-45(41)53(46(42)43)39-25-24-33-12-3-6-15-36(33)30-39/h1-30H. The van der Waals surface area contributed by atoms with Gasteiger partial charge in [0.2, 0.25) is 0 Å². The summed E-state index contributed by atoms with van der Waals surface area (Å²) >= 11 is 0. The lowest BCUT2D eigenvalue weighted by molar-refractivity contribution is 1.08. The second-order valence-corrected chi connectivity index (χ2v) is 13.7. The molecule has 0 aliphatic heterocycles. The maximum Gasteiger partial charge on any atom is 0.164 e. The molecule has 0 saturated carbocycles. The van der Waals surface area contributed by atoms with E-state index in [0.717, 1.165) is 43.9 Å². The highest BCUT2D eigenvalue weighted by atomic mass is 15.0. The van der Waals surface area contributed by atoms with Gasteiger partial charge in [-0.15, -0.1) is 0 Å². The van der Waals surface area contributed by atoms with Gasteiger partial charge < -0.3 is 4.57 Å². The van der Waals surface area contributed by atoms with Gasteiger partial charge in [0, 0.05) is 38.5 Å². The minimum Gasteiger partial charge on any atom is -0.309 e. The maximum atomic E-state index is 5.23. The van der Waals surface area contributed by atoms with Crippen LogP contribution in [0.3, 0.4) is 0 Å². The van der Waals surface area contributed by atoms with Crippen molar-refractivity contribution < 1.29 is 0 Å². The highest BCUT2D eigenvalue weighted by molar-refractivity contribution is 6.20. The molecule has 2 aromatic heterocycles. The molecule has 0 amide bonds. The Hall–Kier alpha value is -7.17. The van der Waals surface area contributed by atoms with Crippen LogP contribution in [-0.4, -0.2) is 19.5 Å². The van der Waals surface area contributed by atoms with Crippen LogP contribution in [0.5, 0.6) is 0 Å². The fourth-order valence-electron chi connectivity index (χ4n) is 8.01. The van der Waals surface area contributed by atoms with E-state index in [-0.39, 0.29) is 0 Å². The summed E-state index contributed by atoms with van der Waals surface area (Å²) in [6.45, 7) is 0. The Kier molecular flexibility index (Phi) is 6.52. The van der Waals surface area contributed by atoms with Gasteiger partial charge in [0.15, 0.2) is 17.5 Å². The molecule has 0 saturated heterocycles. The van der Waals surface area contributed by atoms with Crippen LogP contribution in [0, 0.1) is 0 Å². The molecule has 4 heteroatoms. The minimum atomic E-state index is 0.643. The van der Waals surface area contributed by atoms with Crippen LogP contribution in [0.15, 0.2) is 182 Å². The van der Waals surface area contributed by atoms with Gasteiger partial charge in [-0.3, -0.25) is 0 Å². The molecule has 9 aromatic carbocycles. The van der Waals surface area contributed by atoms with Crippen LogP contribution < -0.4 is 0 Å². The second kappa shape index (κ2) is 11.7. The summed E-state index contributed by atoms with van der Waals surface area (Å²) in [7, 11) is 0. The molecule has 0 bridgehead atoms. The maximum absolute atomic E-state index is 5.23. The van der Waals surface area contributed by atoms with Crippen LogP contribution >= 0.6 is 0 Å². The zero-order valence-corrected chi connectivity index (χ0v) is 28.6. The molecule has 11 rings (SSSR count). The zero-order valence-electron chi connectivity index (χ0n) is 28.6. The topological polar surface area (TPSA) is 43.6 Å². The summed E-state index contributed by atoms with van der Waals surface area (Å²) in [5.74, 6) is 1.93. The van der Waals surface area contributed by atoms with Gasteiger partial charge >= 0.3 is 0 Å². The van der Waals surface area contributed by atoms with Crippen molar-refractivity contribution in [1.82, 2.24) is 19.5 Å². The third kappa shape index (κ3) is 4.80. The average Bonchev–Trinajstić information content (AvgIpc) is 3.57. The lowest BCUT2D eigenvalue weighted by Gasteiger charge is -2.13. The summed E-state index contributed by atoms with van der Waals surface area (Å²) in [6, 6.07) is 64.6. The molecule has 2 heterocycles. The van der Waals surface area contributed by atoms with E-state index in [9.17, 15) is 0 Å². The fourth-order valence-corrected chi connectivity index (χ4v) is 8.01. The van der Waals surface area contributed by atoms with Crippen LogP contribution in [0.25, 0.3) is 105 Å². The molecule has 0 atom stereocenters. The number of fused-ring (bicyclic) bond motifs is 8. The Balaban J connectivity index is 1.18. The van der Waals surface area contributed by atoms with Gasteiger partial charge in [0.05, 0.1) is 11.0 Å². The van der Waals surface area contributed by atoms with Gasteiger partial charge in [-0.25, -0.2) is 15.0 Å². The molecule has 0 unspecified atom stereocenters. The summed E-state index contributed by atoms with van der Waals surface area (Å²) < 4.78 is 2.41. The molecule has 4 nitrogen and oxygen atoms in total. The van der Waals surface area contributed by atoms with E-state index in [1.54, 1.807) is 0 Å². The monoisotopic (exact) mass is 674 g/mol. The smallest absolute Gasteiger partial charge is 0.164 e. The molecular weight excluding hydrogens is 645 g/mol. The predicted molar refractivity (Wildman–Crippen MR) is 220 cm³/mol. The van der Waals surface area contributed by atoms with E-state index in [1.807, 2.05) is 0 Å². The van der Waals surface area contributed by atoms with Crippen molar-refractivity contribution in [3.63, 3.8) is 0 Å². The highest BCUT2D eigenvalue weighted by Gasteiger charge is 2.19. The molecule has 11 aromatic rings. The van der Waals surface area contributed by atoms with Crippen molar-refractivity contribution in [2.75, 3.05) is 0 Å². The summed E-state index contributed by atoms with van der Waals surface area (Å²) in [5.41, 5.74) is 6.34. The quantitative estimate of drug-likeness (QED) is 0.187. The van der Waals surface area contributed by atoms with E-state index in [0.29, 0.717) is 17.5 Å². The van der Waals surface area contributed by atoms with Gasteiger partial charge in [-0.2, -0.15) is 0 Å². The van der Waals surface area contributed by atoms with Gasteiger partial charge in [0.25, 0.3) is 0 Å². The van der Waals surface area contributed by atoms with Crippen molar-refractivity contribution >= 4 is 64.9 Å². The van der Waals surface area contributed by atoms with Gasteiger partial charge in [-0.1, -0.05) is 152 Å². The molecular formula is C49H30N4. The number of para-hydroxylation sites is 1. The summed E-state index contributed by atoms with van der Waals surface area (Å²) in [5, 5.41) is 11.8. The van der Waals surface area contributed by atoms with Crippen LogP contribution in [-0.2, 0) is 0 Å². The molecule has 0 N–H and O–H groups in total. The first-order valence-electron chi connectivity index (χ1n) is 17.9. The van der Waals surface area contributed by atoms with E-state index < -0.39 is 0 Å². The number of aromatic nitrogens is 4. The zero-order chi connectivity index (χ0) is 34.9. The molecule has 0 aliphatic rings. The summed E-state index contributed by atoms with van der Waals surface area (Å²) in [4.78, 5) is 15.6. The van der Waals surface area contributed by atoms with Crippen molar-refractivity contribution in [3.8, 4) is 39.9 Å². The first-order valence-corrected chi connectivity index (χ1v) is 17.9. The predicted octanol–water partition coefficient (Wildman–Crippen LogP) is 12.6. The first-order chi connectivity index (χ1) is 26.2. The van der Waals surface area contributed by atoms with E-state index in [2.05, 4.69) is 187 Å². The minimum absolute atomic E-state index is 0.643. The molecule has 246 valence electrons. The number of nitrogens with zero attached hydrogens (tertiary/aromatic N) is 4.